The van der Waals surface area contributed by atoms with Gasteiger partial charge in [-0.15, -0.1) is 0 Å². The summed E-state index contributed by atoms with van der Waals surface area (Å²) in [5.41, 5.74) is 5.48. The van der Waals surface area contributed by atoms with Crippen LogP contribution in [0.4, 0.5) is 4.79 Å². The third-order valence-electron chi connectivity index (χ3n) is 5.72. The lowest BCUT2D eigenvalue weighted by Gasteiger charge is -2.19. The number of hydrogen-bond acceptors (Lipinski definition) is 6. The minimum Gasteiger partial charge on any atom is -0.449 e. The highest BCUT2D eigenvalue weighted by Gasteiger charge is 2.29. The van der Waals surface area contributed by atoms with E-state index in [9.17, 15) is 15.0 Å². The van der Waals surface area contributed by atoms with Crippen molar-refractivity contribution in [1.82, 2.24) is 15.3 Å². The van der Waals surface area contributed by atoms with Gasteiger partial charge in [0.25, 0.3) is 0 Å². The molecule has 1 aromatic heterocycles. The molecule has 1 aliphatic carbocycles. The topological polar surface area (TPSA) is 105 Å². The molecule has 0 aliphatic heterocycles. The highest BCUT2D eigenvalue weighted by atomic mass is 35.5. The Balaban J connectivity index is 1.29. The first-order valence-corrected chi connectivity index (χ1v) is 10.8. The van der Waals surface area contributed by atoms with Crippen molar-refractivity contribution in [2.45, 2.75) is 31.5 Å². The third-order valence-corrected chi connectivity index (χ3v) is 5.91. The SMILES string of the molecule is Cc1nc(Cl)ncc1C(O)C(O)CCNC(=O)OCC1c2ccccc2-c2ccccc21. The predicted octanol–water partition coefficient (Wildman–Crippen LogP) is 3.76. The average molecular weight is 454 g/mol. The fourth-order valence-electron chi connectivity index (χ4n) is 4.08. The van der Waals surface area contributed by atoms with E-state index in [4.69, 9.17) is 16.3 Å². The number of carbonyl (C=O) groups is 1. The van der Waals surface area contributed by atoms with E-state index < -0.39 is 18.3 Å². The van der Waals surface area contributed by atoms with E-state index in [0.29, 0.717) is 11.3 Å². The van der Waals surface area contributed by atoms with Crippen LogP contribution in [0.25, 0.3) is 11.1 Å². The number of fused-ring (bicyclic) bond motifs is 3. The molecule has 1 heterocycles. The van der Waals surface area contributed by atoms with Crippen molar-refractivity contribution < 1.29 is 19.7 Å². The van der Waals surface area contributed by atoms with Gasteiger partial charge in [0.15, 0.2) is 0 Å². The summed E-state index contributed by atoms with van der Waals surface area (Å²) in [6.07, 6.45) is -1.34. The number of aliphatic hydroxyl groups excluding tert-OH is 2. The van der Waals surface area contributed by atoms with Gasteiger partial charge < -0.3 is 20.3 Å². The molecule has 0 saturated carbocycles. The number of alkyl carbamates (subject to hydrolysis) is 1. The summed E-state index contributed by atoms with van der Waals surface area (Å²) in [7, 11) is 0. The number of ether oxygens (including phenoxy) is 1. The molecular weight excluding hydrogens is 430 g/mol. The van der Waals surface area contributed by atoms with Crippen molar-refractivity contribution in [3.05, 3.63) is 82.4 Å². The van der Waals surface area contributed by atoms with Gasteiger partial charge in [0.1, 0.15) is 12.7 Å². The number of carbonyl (C=O) groups excluding carboxylic acids is 1. The summed E-state index contributed by atoms with van der Waals surface area (Å²) in [4.78, 5) is 20.0. The Morgan fingerprint density at radius 3 is 2.38 bits per heavy atom. The standard InChI is InChI=1S/C24H24ClN3O4/c1-14-19(12-27-23(25)28-14)22(30)21(29)10-11-26-24(31)32-13-20-17-8-4-2-6-15(17)16-7-3-5-9-18(16)20/h2-9,12,20-22,29-30H,10-11,13H2,1H3,(H,26,31). The molecule has 0 saturated heterocycles. The second kappa shape index (κ2) is 9.65. The summed E-state index contributed by atoms with van der Waals surface area (Å²) in [5.74, 6) is -0.0200. The molecule has 166 valence electrons. The molecule has 8 heteroatoms. The predicted molar refractivity (Wildman–Crippen MR) is 120 cm³/mol. The van der Waals surface area contributed by atoms with Crippen LogP contribution in [0.3, 0.4) is 0 Å². The quantitative estimate of drug-likeness (QED) is 0.470. The molecule has 4 rings (SSSR count). The highest BCUT2D eigenvalue weighted by molar-refractivity contribution is 6.28. The number of aromatic nitrogens is 2. The normalized spacial score (nSPS) is 14.4. The number of hydrogen-bond donors (Lipinski definition) is 3. The maximum Gasteiger partial charge on any atom is 0.407 e. The molecule has 0 spiro atoms. The van der Waals surface area contributed by atoms with Gasteiger partial charge in [0, 0.05) is 29.9 Å². The van der Waals surface area contributed by atoms with E-state index in [0.717, 1.165) is 22.3 Å². The van der Waals surface area contributed by atoms with Gasteiger partial charge in [0.2, 0.25) is 5.28 Å². The summed E-state index contributed by atoms with van der Waals surface area (Å²) in [6.45, 7) is 2.03. The van der Waals surface area contributed by atoms with Crippen LogP contribution < -0.4 is 5.32 Å². The molecule has 2 atom stereocenters. The number of nitrogens with one attached hydrogen (secondary N) is 1. The molecule has 32 heavy (non-hydrogen) atoms. The van der Waals surface area contributed by atoms with Gasteiger partial charge in [-0.05, 0) is 47.2 Å². The van der Waals surface area contributed by atoms with Gasteiger partial charge in [-0.1, -0.05) is 48.5 Å². The van der Waals surface area contributed by atoms with Crippen molar-refractivity contribution >= 4 is 17.7 Å². The van der Waals surface area contributed by atoms with Crippen LogP contribution in [0, 0.1) is 6.92 Å². The van der Waals surface area contributed by atoms with E-state index in [1.807, 2.05) is 24.3 Å². The molecular formula is C24H24ClN3O4. The van der Waals surface area contributed by atoms with Crippen molar-refractivity contribution in [2.75, 3.05) is 13.2 Å². The van der Waals surface area contributed by atoms with Crippen LogP contribution in [-0.4, -0.2) is 45.5 Å². The number of rotatable bonds is 7. The summed E-state index contributed by atoms with van der Waals surface area (Å²) >= 11 is 5.72. The lowest BCUT2D eigenvalue weighted by atomic mass is 9.98. The minimum absolute atomic E-state index is 0.0200. The molecule has 3 N–H and O–H groups in total. The Hall–Kier alpha value is -3.00. The molecule has 0 fully saturated rings. The number of amides is 1. The first-order chi connectivity index (χ1) is 15.5. The molecule has 1 amide bonds. The molecule has 7 nitrogen and oxygen atoms in total. The molecule has 2 unspecified atom stereocenters. The van der Waals surface area contributed by atoms with Crippen LogP contribution in [0.5, 0.6) is 0 Å². The fraction of sp³-hybridized carbons (Fsp3) is 0.292. The number of halogens is 1. The lowest BCUT2D eigenvalue weighted by molar-refractivity contribution is 0.0128. The zero-order chi connectivity index (χ0) is 22.7. The highest BCUT2D eigenvalue weighted by Crippen LogP contribution is 2.44. The van der Waals surface area contributed by atoms with Gasteiger partial charge in [-0.2, -0.15) is 0 Å². The van der Waals surface area contributed by atoms with Crippen molar-refractivity contribution in [2.24, 2.45) is 0 Å². The smallest absolute Gasteiger partial charge is 0.407 e. The maximum atomic E-state index is 12.2. The third kappa shape index (κ3) is 4.60. The van der Waals surface area contributed by atoms with Gasteiger partial charge >= 0.3 is 6.09 Å². The number of aliphatic hydroxyl groups is 2. The minimum atomic E-state index is -1.18. The Morgan fingerprint density at radius 2 is 1.75 bits per heavy atom. The largest absolute Gasteiger partial charge is 0.449 e. The van der Waals surface area contributed by atoms with Crippen LogP contribution >= 0.6 is 11.6 Å². The second-order valence-electron chi connectivity index (χ2n) is 7.73. The molecule has 1 aliphatic rings. The van der Waals surface area contributed by atoms with Crippen LogP contribution in [0.2, 0.25) is 5.28 Å². The van der Waals surface area contributed by atoms with Crippen molar-refractivity contribution in [3.8, 4) is 11.1 Å². The Kier molecular flexibility index (Phi) is 6.69. The lowest BCUT2D eigenvalue weighted by Crippen LogP contribution is -2.31. The Bertz CT molecular complexity index is 1080. The Morgan fingerprint density at radius 1 is 1.12 bits per heavy atom. The van der Waals surface area contributed by atoms with Gasteiger partial charge in [0.05, 0.1) is 6.10 Å². The van der Waals surface area contributed by atoms with E-state index >= 15 is 0 Å². The fourth-order valence-corrected chi connectivity index (χ4v) is 4.25. The summed E-state index contributed by atoms with van der Waals surface area (Å²) < 4.78 is 5.47. The van der Waals surface area contributed by atoms with E-state index in [1.165, 1.54) is 6.20 Å². The van der Waals surface area contributed by atoms with Crippen molar-refractivity contribution in [3.63, 3.8) is 0 Å². The van der Waals surface area contributed by atoms with Gasteiger partial charge in [-0.3, -0.25) is 0 Å². The van der Waals surface area contributed by atoms with Crippen LogP contribution in [-0.2, 0) is 4.74 Å². The van der Waals surface area contributed by atoms with Crippen molar-refractivity contribution in [1.29, 1.82) is 0 Å². The van der Waals surface area contributed by atoms with E-state index in [2.05, 4.69) is 39.6 Å². The first kappa shape index (κ1) is 22.2. The summed E-state index contributed by atoms with van der Waals surface area (Å²) in [5, 5.41) is 23.3. The monoisotopic (exact) mass is 453 g/mol. The number of aryl methyl sites for hydroxylation is 1. The van der Waals surface area contributed by atoms with Crippen LogP contribution in [0.1, 0.15) is 40.8 Å². The molecule has 2 aromatic carbocycles. The molecule has 3 aromatic rings. The first-order valence-electron chi connectivity index (χ1n) is 10.4. The Labute approximate surface area is 191 Å². The van der Waals surface area contributed by atoms with Crippen LogP contribution in [0.15, 0.2) is 54.7 Å². The molecule has 0 bridgehead atoms. The zero-order valence-electron chi connectivity index (χ0n) is 17.5. The zero-order valence-corrected chi connectivity index (χ0v) is 18.3. The number of benzene rings is 2. The van der Waals surface area contributed by atoms with E-state index in [1.54, 1.807) is 6.92 Å². The average Bonchev–Trinajstić information content (AvgIpc) is 3.11. The molecule has 0 radical (unpaired) electrons. The van der Waals surface area contributed by atoms with Gasteiger partial charge in [-0.25, -0.2) is 14.8 Å². The number of nitrogens with zero attached hydrogens (tertiary/aromatic N) is 2. The maximum absolute atomic E-state index is 12.2. The van der Waals surface area contributed by atoms with E-state index in [-0.39, 0.29) is 30.8 Å². The second-order valence-corrected chi connectivity index (χ2v) is 8.07. The summed E-state index contributed by atoms with van der Waals surface area (Å²) in [6, 6.07) is 16.2.